The van der Waals surface area contributed by atoms with E-state index in [2.05, 4.69) is 5.32 Å². The van der Waals surface area contributed by atoms with E-state index in [0.717, 1.165) is 12.0 Å². The van der Waals surface area contributed by atoms with Gasteiger partial charge in [0.2, 0.25) is 0 Å². The van der Waals surface area contributed by atoms with Crippen molar-refractivity contribution in [1.29, 1.82) is 0 Å². The first kappa shape index (κ1) is 18.8. The molecule has 1 atom stereocenters. The number of aryl methyl sites for hydroxylation is 1. The second-order valence-corrected chi connectivity index (χ2v) is 6.58. The molecule has 0 saturated heterocycles. The van der Waals surface area contributed by atoms with Crippen molar-refractivity contribution in [2.24, 2.45) is 0 Å². The van der Waals surface area contributed by atoms with E-state index in [9.17, 15) is 9.59 Å². The van der Waals surface area contributed by atoms with Gasteiger partial charge < -0.3 is 19.7 Å². The number of nitrogens with one attached hydrogen (secondary N) is 1. The number of hydrogen-bond acceptors (Lipinski definition) is 4. The van der Waals surface area contributed by atoms with Gasteiger partial charge in [0.25, 0.3) is 11.8 Å². The summed E-state index contributed by atoms with van der Waals surface area (Å²) in [6.45, 7) is 6.26. The highest BCUT2D eigenvalue weighted by molar-refractivity contribution is 6.01. The highest BCUT2D eigenvalue weighted by Crippen LogP contribution is 2.36. The van der Waals surface area contributed by atoms with Crippen LogP contribution < -0.4 is 19.7 Å². The van der Waals surface area contributed by atoms with Gasteiger partial charge in [-0.3, -0.25) is 9.59 Å². The average Bonchev–Trinajstić information content (AvgIpc) is 2.65. The molecule has 6 nitrogen and oxygen atoms in total. The molecule has 0 bridgehead atoms. The van der Waals surface area contributed by atoms with E-state index < -0.39 is 6.10 Å². The van der Waals surface area contributed by atoms with Gasteiger partial charge in [0, 0.05) is 12.2 Å². The Balaban J connectivity index is 1.68. The van der Waals surface area contributed by atoms with Crippen LogP contribution in [0.2, 0.25) is 0 Å². The first-order chi connectivity index (χ1) is 13.0. The zero-order chi connectivity index (χ0) is 19.4. The molecule has 6 heteroatoms. The Bertz CT molecular complexity index is 833. The lowest BCUT2D eigenvalue weighted by molar-refractivity contribution is -0.125. The molecule has 1 heterocycles. The predicted molar refractivity (Wildman–Crippen MR) is 104 cm³/mol. The fourth-order valence-corrected chi connectivity index (χ4v) is 2.92. The van der Waals surface area contributed by atoms with Crippen molar-refractivity contribution in [1.82, 2.24) is 0 Å². The molecule has 2 aromatic rings. The van der Waals surface area contributed by atoms with Crippen LogP contribution in [0.4, 0.5) is 11.4 Å². The first-order valence-corrected chi connectivity index (χ1v) is 9.09. The van der Waals surface area contributed by atoms with Crippen molar-refractivity contribution >= 4 is 23.2 Å². The molecular formula is C21H24N2O4. The third-order valence-corrected chi connectivity index (χ3v) is 4.29. The topological polar surface area (TPSA) is 67.9 Å². The molecule has 1 unspecified atom stereocenters. The van der Waals surface area contributed by atoms with Gasteiger partial charge in [0.15, 0.2) is 12.7 Å². The maximum atomic E-state index is 12.4. The van der Waals surface area contributed by atoms with Crippen LogP contribution in [0.15, 0.2) is 42.5 Å². The summed E-state index contributed by atoms with van der Waals surface area (Å²) in [4.78, 5) is 26.3. The minimum Gasteiger partial charge on any atom is -0.484 e. The van der Waals surface area contributed by atoms with Gasteiger partial charge in [-0.05, 0) is 50.6 Å². The minimum atomic E-state index is -0.507. The Kier molecular flexibility index (Phi) is 5.64. The summed E-state index contributed by atoms with van der Waals surface area (Å²) in [6, 6.07) is 12.8. The van der Waals surface area contributed by atoms with E-state index in [4.69, 9.17) is 9.47 Å². The van der Waals surface area contributed by atoms with Crippen LogP contribution in [0, 0.1) is 6.92 Å². The van der Waals surface area contributed by atoms with Crippen molar-refractivity contribution < 1.29 is 19.1 Å². The lowest BCUT2D eigenvalue weighted by Gasteiger charge is -2.33. The largest absolute Gasteiger partial charge is 0.484 e. The zero-order valence-corrected chi connectivity index (χ0v) is 15.8. The van der Waals surface area contributed by atoms with E-state index in [-0.39, 0.29) is 18.4 Å². The first-order valence-electron chi connectivity index (χ1n) is 9.09. The Morgan fingerprint density at radius 3 is 2.67 bits per heavy atom. The maximum absolute atomic E-state index is 12.4. The Morgan fingerprint density at radius 1 is 1.22 bits per heavy atom. The third-order valence-electron chi connectivity index (χ3n) is 4.29. The van der Waals surface area contributed by atoms with E-state index in [0.29, 0.717) is 29.4 Å². The van der Waals surface area contributed by atoms with Crippen LogP contribution in [-0.4, -0.2) is 31.1 Å². The zero-order valence-electron chi connectivity index (χ0n) is 15.8. The van der Waals surface area contributed by atoms with Crippen LogP contribution in [0.3, 0.4) is 0 Å². The molecule has 142 valence electrons. The van der Waals surface area contributed by atoms with Crippen molar-refractivity contribution in [2.45, 2.75) is 33.3 Å². The molecule has 0 aromatic heterocycles. The van der Waals surface area contributed by atoms with Crippen LogP contribution in [0.1, 0.15) is 25.8 Å². The SMILES string of the molecule is CCCN1C(=O)C(C)Oc2ccc(NC(=O)COc3ccc(C)cc3)cc21. The number of rotatable bonds is 6. The highest BCUT2D eigenvalue weighted by Gasteiger charge is 2.31. The minimum absolute atomic E-state index is 0.0736. The van der Waals surface area contributed by atoms with Gasteiger partial charge in [-0.15, -0.1) is 0 Å². The summed E-state index contributed by atoms with van der Waals surface area (Å²) < 4.78 is 11.2. The predicted octanol–water partition coefficient (Wildman–Crippen LogP) is 3.54. The number of nitrogens with zero attached hydrogens (tertiary/aromatic N) is 1. The molecule has 27 heavy (non-hydrogen) atoms. The summed E-state index contributed by atoms with van der Waals surface area (Å²) in [6.07, 6.45) is 0.325. The number of amides is 2. The van der Waals surface area contributed by atoms with E-state index in [1.54, 1.807) is 30.0 Å². The van der Waals surface area contributed by atoms with Crippen molar-refractivity contribution in [3.63, 3.8) is 0 Å². The number of hydrogen-bond donors (Lipinski definition) is 1. The average molecular weight is 368 g/mol. The fourth-order valence-electron chi connectivity index (χ4n) is 2.92. The van der Waals surface area contributed by atoms with Crippen LogP contribution >= 0.6 is 0 Å². The van der Waals surface area contributed by atoms with Crippen LogP contribution in [-0.2, 0) is 9.59 Å². The van der Waals surface area contributed by atoms with Crippen molar-refractivity contribution in [2.75, 3.05) is 23.4 Å². The molecule has 3 rings (SSSR count). The monoisotopic (exact) mass is 368 g/mol. The van der Waals surface area contributed by atoms with Gasteiger partial charge >= 0.3 is 0 Å². The van der Waals surface area contributed by atoms with Crippen molar-refractivity contribution in [3.8, 4) is 11.5 Å². The third kappa shape index (κ3) is 4.39. The Morgan fingerprint density at radius 2 is 1.96 bits per heavy atom. The van der Waals surface area contributed by atoms with E-state index >= 15 is 0 Å². The second kappa shape index (κ2) is 8.12. The highest BCUT2D eigenvalue weighted by atomic mass is 16.5. The number of carbonyl (C=O) groups is 2. The maximum Gasteiger partial charge on any atom is 0.267 e. The number of carbonyl (C=O) groups excluding carboxylic acids is 2. The Hall–Kier alpha value is -3.02. The number of ether oxygens (including phenoxy) is 2. The summed E-state index contributed by atoms with van der Waals surface area (Å²) in [5.41, 5.74) is 2.40. The molecule has 0 radical (unpaired) electrons. The summed E-state index contributed by atoms with van der Waals surface area (Å²) in [7, 11) is 0. The molecular weight excluding hydrogens is 344 g/mol. The molecule has 0 saturated carbocycles. The molecule has 0 aliphatic carbocycles. The molecule has 1 aliphatic rings. The van der Waals surface area contributed by atoms with Crippen molar-refractivity contribution in [3.05, 3.63) is 48.0 Å². The summed E-state index contributed by atoms with van der Waals surface area (Å²) in [5.74, 6) is 0.942. The molecule has 1 N–H and O–H groups in total. The smallest absolute Gasteiger partial charge is 0.267 e. The number of fused-ring (bicyclic) bond motifs is 1. The Labute approximate surface area is 159 Å². The van der Waals surface area contributed by atoms with Gasteiger partial charge in [-0.25, -0.2) is 0 Å². The molecule has 2 amide bonds. The quantitative estimate of drug-likeness (QED) is 0.847. The van der Waals surface area contributed by atoms with E-state index in [1.807, 2.05) is 38.1 Å². The summed E-state index contributed by atoms with van der Waals surface area (Å²) >= 11 is 0. The van der Waals surface area contributed by atoms with Gasteiger partial charge in [-0.2, -0.15) is 0 Å². The lowest BCUT2D eigenvalue weighted by atomic mass is 10.1. The van der Waals surface area contributed by atoms with E-state index in [1.165, 1.54) is 0 Å². The van der Waals surface area contributed by atoms with Gasteiger partial charge in [0.05, 0.1) is 5.69 Å². The molecule has 0 spiro atoms. The van der Waals surface area contributed by atoms with Crippen LogP contribution in [0.25, 0.3) is 0 Å². The molecule has 1 aliphatic heterocycles. The second-order valence-electron chi connectivity index (χ2n) is 6.58. The fraction of sp³-hybridized carbons (Fsp3) is 0.333. The lowest BCUT2D eigenvalue weighted by Crippen LogP contribution is -2.44. The molecule has 2 aromatic carbocycles. The molecule has 0 fully saturated rings. The normalized spacial score (nSPS) is 15.7. The number of anilines is 2. The van der Waals surface area contributed by atoms with Gasteiger partial charge in [0.1, 0.15) is 11.5 Å². The van der Waals surface area contributed by atoms with Crippen LogP contribution in [0.5, 0.6) is 11.5 Å². The standard InChI is InChI=1S/C21H24N2O4/c1-4-11-23-18-12-16(7-10-19(18)27-15(3)21(23)25)22-20(24)13-26-17-8-5-14(2)6-9-17/h5-10,12,15H,4,11,13H2,1-3H3,(H,22,24). The summed E-state index contributed by atoms with van der Waals surface area (Å²) in [5, 5.41) is 2.80. The number of benzene rings is 2. The van der Waals surface area contributed by atoms with Gasteiger partial charge in [-0.1, -0.05) is 24.6 Å².